The number of benzene rings is 10. The van der Waals surface area contributed by atoms with Crippen molar-refractivity contribution in [3.8, 4) is 33.4 Å². The summed E-state index contributed by atoms with van der Waals surface area (Å²) in [4.78, 5) is 10.5. The molecule has 1 atom stereocenters. The fourth-order valence-electron chi connectivity index (χ4n) is 9.34. The van der Waals surface area contributed by atoms with Gasteiger partial charge in [0.25, 0.3) is 0 Å². The maximum Gasteiger partial charge on any atom is 0.159 e. The van der Waals surface area contributed by atoms with E-state index in [1.54, 1.807) is 0 Å². The number of rotatable bonds is 6. The van der Waals surface area contributed by atoms with E-state index < -0.39 is 0 Å². The first kappa shape index (κ1) is 35.3. The molecular weight excluding hydrogens is 759 g/mol. The maximum atomic E-state index is 5.39. The molecule has 0 fully saturated rings. The molecule has 11 aromatic rings. The van der Waals surface area contributed by atoms with E-state index in [2.05, 4.69) is 206 Å². The van der Waals surface area contributed by atoms with Crippen molar-refractivity contribution in [2.45, 2.75) is 6.17 Å². The van der Waals surface area contributed by atoms with Crippen LogP contribution in [0.5, 0.6) is 0 Å². The van der Waals surface area contributed by atoms with Gasteiger partial charge in [-0.1, -0.05) is 188 Å². The Balaban J connectivity index is 1.05. The molecule has 12 rings (SSSR count). The molecule has 0 aliphatic carbocycles. The fourth-order valence-corrected chi connectivity index (χ4v) is 10.5. The van der Waals surface area contributed by atoms with Crippen LogP contribution >= 0.6 is 11.3 Å². The maximum absolute atomic E-state index is 5.39. The van der Waals surface area contributed by atoms with Gasteiger partial charge in [-0.15, -0.1) is 11.3 Å². The van der Waals surface area contributed by atoms with Crippen LogP contribution in [0.3, 0.4) is 0 Å². The molecule has 1 unspecified atom stereocenters. The van der Waals surface area contributed by atoms with Crippen molar-refractivity contribution in [3.63, 3.8) is 0 Å². The van der Waals surface area contributed by atoms with Crippen molar-refractivity contribution in [2.24, 2.45) is 9.98 Å². The van der Waals surface area contributed by atoms with Crippen LogP contribution in [-0.2, 0) is 0 Å². The molecule has 3 nitrogen and oxygen atoms in total. The van der Waals surface area contributed by atoms with Crippen molar-refractivity contribution < 1.29 is 0 Å². The minimum absolute atomic E-state index is 0.383. The number of nitrogens with one attached hydrogen (secondary N) is 1. The summed E-state index contributed by atoms with van der Waals surface area (Å²) in [5, 5.41) is 13.9. The van der Waals surface area contributed by atoms with Gasteiger partial charge in [0.05, 0.1) is 0 Å². The van der Waals surface area contributed by atoms with Crippen molar-refractivity contribution >= 4 is 75.5 Å². The second-order valence-corrected chi connectivity index (χ2v) is 16.8. The molecule has 0 saturated heterocycles. The van der Waals surface area contributed by atoms with Crippen LogP contribution in [-0.4, -0.2) is 11.7 Å². The predicted octanol–water partition coefficient (Wildman–Crippen LogP) is 15.0. The summed E-state index contributed by atoms with van der Waals surface area (Å²) in [6.45, 7) is 0. The minimum atomic E-state index is -0.383. The molecular formula is C57H37N3S. The van der Waals surface area contributed by atoms with Crippen LogP contribution in [0.2, 0.25) is 0 Å². The van der Waals surface area contributed by atoms with E-state index in [1.807, 2.05) is 23.5 Å². The second-order valence-electron chi connectivity index (χ2n) is 15.7. The summed E-state index contributed by atoms with van der Waals surface area (Å²) in [6.07, 6.45) is -0.383. The second kappa shape index (κ2) is 14.6. The van der Waals surface area contributed by atoms with Crippen LogP contribution in [0.1, 0.15) is 22.9 Å². The highest BCUT2D eigenvalue weighted by molar-refractivity contribution is 7.25. The first-order valence-electron chi connectivity index (χ1n) is 20.8. The average molecular weight is 796 g/mol. The first-order chi connectivity index (χ1) is 30.2. The van der Waals surface area contributed by atoms with E-state index >= 15 is 0 Å². The van der Waals surface area contributed by atoms with Crippen LogP contribution in [0, 0.1) is 0 Å². The Morgan fingerprint density at radius 1 is 0.361 bits per heavy atom. The molecule has 1 aliphatic heterocycles. The molecule has 4 heteroatoms. The van der Waals surface area contributed by atoms with Gasteiger partial charge in [-0.25, -0.2) is 9.98 Å². The molecule has 2 heterocycles. The van der Waals surface area contributed by atoms with Gasteiger partial charge in [-0.3, -0.25) is 0 Å². The lowest BCUT2D eigenvalue weighted by atomic mass is 9.87. The standard InChI is InChI=1S/C57H37N3S/c1-3-17-36(18-4-1)55-58-56(37-19-5-2-6-20-37)60-57(59-55)51-34-39(35-53-54(51)49-29-15-16-30-52(49)61-53)41-22-8-10-24-43(41)42-23-9-7-21-40(42)38-31-32-48-46-27-12-11-25-44(46)45-26-13-14-28-47(45)50(48)33-38/h1-35,57H,(H,58,59,60). The largest absolute Gasteiger partial charge is 0.344 e. The van der Waals surface area contributed by atoms with E-state index in [1.165, 1.54) is 80.3 Å². The van der Waals surface area contributed by atoms with E-state index in [9.17, 15) is 0 Å². The molecule has 0 saturated carbocycles. The van der Waals surface area contributed by atoms with Gasteiger partial charge in [0.1, 0.15) is 12.0 Å². The van der Waals surface area contributed by atoms with E-state index in [4.69, 9.17) is 9.98 Å². The third kappa shape index (κ3) is 6.03. The molecule has 0 radical (unpaired) electrons. The van der Waals surface area contributed by atoms with E-state index in [-0.39, 0.29) is 6.17 Å². The molecule has 0 spiro atoms. The molecule has 0 amide bonds. The van der Waals surface area contributed by atoms with E-state index in [0.717, 1.165) is 28.1 Å². The number of nitrogens with zero attached hydrogens (tertiary/aromatic N) is 2. The summed E-state index contributed by atoms with van der Waals surface area (Å²) in [6, 6.07) is 76.5. The van der Waals surface area contributed by atoms with E-state index in [0.29, 0.717) is 5.84 Å². The van der Waals surface area contributed by atoms with Crippen molar-refractivity contribution in [1.29, 1.82) is 0 Å². The topological polar surface area (TPSA) is 36.8 Å². The van der Waals surface area contributed by atoms with Gasteiger partial charge in [0, 0.05) is 36.9 Å². The Kier molecular flexibility index (Phi) is 8.43. The number of aliphatic imine (C=N–C) groups is 2. The Bertz CT molecular complexity index is 3530. The minimum Gasteiger partial charge on any atom is -0.344 e. The van der Waals surface area contributed by atoms with Gasteiger partial charge in [-0.05, 0) is 90.0 Å². The lowest BCUT2D eigenvalue weighted by molar-refractivity contribution is 0.680. The smallest absolute Gasteiger partial charge is 0.159 e. The zero-order valence-corrected chi connectivity index (χ0v) is 33.9. The predicted molar refractivity (Wildman–Crippen MR) is 260 cm³/mol. The molecule has 286 valence electrons. The highest BCUT2D eigenvalue weighted by Crippen LogP contribution is 2.45. The van der Waals surface area contributed by atoms with Gasteiger partial charge in [0.2, 0.25) is 0 Å². The Labute approximate surface area is 357 Å². The third-order valence-corrected chi connectivity index (χ3v) is 13.3. The van der Waals surface area contributed by atoms with Gasteiger partial charge in [0.15, 0.2) is 5.84 Å². The zero-order chi connectivity index (χ0) is 40.3. The van der Waals surface area contributed by atoms with Crippen LogP contribution < -0.4 is 5.32 Å². The number of hydrogen-bond acceptors (Lipinski definition) is 4. The monoisotopic (exact) mass is 795 g/mol. The quantitative estimate of drug-likeness (QED) is 0.167. The average Bonchev–Trinajstić information content (AvgIpc) is 3.73. The Morgan fingerprint density at radius 3 is 1.52 bits per heavy atom. The first-order valence-corrected chi connectivity index (χ1v) is 21.6. The fraction of sp³-hybridized carbons (Fsp3) is 0.0175. The van der Waals surface area contributed by atoms with Crippen LogP contribution in [0.15, 0.2) is 222 Å². The highest BCUT2D eigenvalue weighted by atomic mass is 32.1. The van der Waals surface area contributed by atoms with Gasteiger partial charge in [-0.2, -0.15) is 0 Å². The Hall–Kier alpha value is -7.66. The summed E-state index contributed by atoms with van der Waals surface area (Å²) >= 11 is 1.84. The molecule has 61 heavy (non-hydrogen) atoms. The number of hydrogen-bond donors (Lipinski definition) is 1. The van der Waals surface area contributed by atoms with Gasteiger partial charge >= 0.3 is 0 Å². The summed E-state index contributed by atoms with van der Waals surface area (Å²) in [7, 11) is 0. The molecule has 1 aliphatic rings. The molecule has 1 N–H and O–H groups in total. The number of amidine groups is 2. The molecule has 0 bridgehead atoms. The Morgan fingerprint density at radius 2 is 0.869 bits per heavy atom. The van der Waals surface area contributed by atoms with Crippen LogP contribution in [0.4, 0.5) is 0 Å². The summed E-state index contributed by atoms with van der Waals surface area (Å²) in [5.74, 6) is 1.52. The summed E-state index contributed by atoms with van der Waals surface area (Å²) < 4.78 is 2.48. The normalized spacial score (nSPS) is 14.1. The lowest BCUT2D eigenvalue weighted by Gasteiger charge is -2.25. The lowest BCUT2D eigenvalue weighted by Crippen LogP contribution is -2.33. The van der Waals surface area contributed by atoms with Crippen LogP contribution in [0.25, 0.3) is 85.9 Å². The number of fused-ring (bicyclic) bond motifs is 9. The van der Waals surface area contributed by atoms with Crippen molar-refractivity contribution in [1.82, 2.24) is 5.32 Å². The highest BCUT2D eigenvalue weighted by Gasteiger charge is 2.26. The molecule has 1 aromatic heterocycles. The summed E-state index contributed by atoms with van der Waals surface area (Å²) in [5.41, 5.74) is 10.2. The number of thiophene rings is 1. The van der Waals surface area contributed by atoms with Crippen molar-refractivity contribution in [2.75, 3.05) is 0 Å². The third-order valence-electron chi connectivity index (χ3n) is 12.1. The van der Waals surface area contributed by atoms with Gasteiger partial charge < -0.3 is 5.32 Å². The SMILES string of the molecule is c1ccc(C2=NC(c3cc(-c4ccccc4-c4ccccc4-c4ccc5c6ccccc6c6ccccc6c5c4)cc4sc5ccccc5c34)NC(c3ccccc3)=N2)cc1. The zero-order valence-electron chi connectivity index (χ0n) is 33.1. The molecule has 10 aromatic carbocycles. The van der Waals surface area contributed by atoms with Crippen molar-refractivity contribution in [3.05, 3.63) is 229 Å².